The summed E-state index contributed by atoms with van der Waals surface area (Å²) in [5, 5.41) is 2.88. The predicted octanol–water partition coefficient (Wildman–Crippen LogP) is 2.96. The molecule has 1 fully saturated rings. The van der Waals surface area contributed by atoms with Crippen molar-refractivity contribution in [2.24, 2.45) is 5.92 Å². The summed E-state index contributed by atoms with van der Waals surface area (Å²) in [7, 11) is -3.53. The molecule has 2 rings (SSSR count). The van der Waals surface area contributed by atoms with Crippen LogP contribution in [0.25, 0.3) is 0 Å². The molecule has 0 bridgehead atoms. The fraction of sp³-hybridized carbons (Fsp3) is 0.632. The van der Waals surface area contributed by atoms with E-state index in [2.05, 4.69) is 12.2 Å². The number of carbonyl (C=O) groups excluding carboxylic acids is 1. The highest BCUT2D eigenvalue weighted by molar-refractivity contribution is 7.89. The van der Waals surface area contributed by atoms with Crippen molar-refractivity contribution in [1.29, 1.82) is 0 Å². The highest BCUT2D eigenvalue weighted by Crippen LogP contribution is 2.24. The van der Waals surface area contributed by atoms with Crippen LogP contribution in [0.2, 0.25) is 0 Å². The second-order valence-electron chi connectivity index (χ2n) is 6.74. The highest BCUT2D eigenvalue weighted by atomic mass is 32.2. The highest BCUT2D eigenvalue weighted by Gasteiger charge is 2.33. The zero-order valence-electron chi connectivity index (χ0n) is 15.3. The standard InChI is InChI=1S/C19H30N2O3S/c1-3-5-7-16-9-11-18(12-10-16)25(23,24)21-14-6-8-17(15-21)19(22)20-13-4-2/h9-12,17H,3-8,13-15H2,1-2H3,(H,20,22). The number of carbonyl (C=O) groups is 1. The van der Waals surface area contributed by atoms with Gasteiger partial charge in [0.2, 0.25) is 15.9 Å². The summed E-state index contributed by atoms with van der Waals surface area (Å²) in [5.41, 5.74) is 1.16. The number of aryl methyl sites for hydroxylation is 1. The van der Waals surface area contributed by atoms with Crippen molar-refractivity contribution in [2.75, 3.05) is 19.6 Å². The van der Waals surface area contributed by atoms with Gasteiger partial charge in [0.25, 0.3) is 0 Å². The van der Waals surface area contributed by atoms with Crippen molar-refractivity contribution in [3.63, 3.8) is 0 Å². The first kappa shape index (κ1) is 19.9. The van der Waals surface area contributed by atoms with Crippen LogP contribution in [0.15, 0.2) is 29.2 Å². The van der Waals surface area contributed by atoms with Gasteiger partial charge in [0, 0.05) is 19.6 Å². The number of hydrogen-bond donors (Lipinski definition) is 1. The average molecular weight is 367 g/mol. The number of nitrogens with zero attached hydrogens (tertiary/aromatic N) is 1. The quantitative estimate of drug-likeness (QED) is 0.769. The first-order valence-corrected chi connectivity index (χ1v) is 10.8. The minimum Gasteiger partial charge on any atom is -0.356 e. The van der Waals surface area contributed by atoms with Crippen LogP contribution >= 0.6 is 0 Å². The Morgan fingerprint density at radius 3 is 2.56 bits per heavy atom. The van der Waals surface area contributed by atoms with E-state index in [0.29, 0.717) is 18.0 Å². The molecule has 1 aliphatic rings. The van der Waals surface area contributed by atoms with Gasteiger partial charge < -0.3 is 5.32 Å². The third kappa shape index (κ3) is 5.28. The van der Waals surface area contributed by atoms with Gasteiger partial charge >= 0.3 is 0 Å². The third-order valence-corrected chi connectivity index (χ3v) is 6.56. The predicted molar refractivity (Wildman–Crippen MR) is 99.8 cm³/mol. The molecule has 0 aliphatic carbocycles. The summed E-state index contributed by atoms with van der Waals surface area (Å²) in [6.45, 7) is 5.54. The van der Waals surface area contributed by atoms with Gasteiger partial charge in [-0.3, -0.25) is 4.79 Å². The number of rotatable bonds is 8. The SMILES string of the molecule is CCCCc1ccc(S(=O)(=O)N2CCCC(C(=O)NCCC)C2)cc1. The van der Waals surface area contributed by atoms with Gasteiger partial charge in [0.1, 0.15) is 0 Å². The van der Waals surface area contributed by atoms with Crippen LogP contribution in [-0.4, -0.2) is 38.3 Å². The zero-order valence-corrected chi connectivity index (χ0v) is 16.1. The Labute approximate surface area is 151 Å². The van der Waals surface area contributed by atoms with Gasteiger partial charge in [-0.1, -0.05) is 32.4 Å². The van der Waals surface area contributed by atoms with Crippen molar-refractivity contribution in [2.45, 2.75) is 57.3 Å². The van der Waals surface area contributed by atoms with Crippen LogP contribution in [0.5, 0.6) is 0 Å². The van der Waals surface area contributed by atoms with Crippen molar-refractivity contribution >= 4 is 15.9 Å². The second kappa shape index (κ2) is 9.34. The Bertz CT molecular complexity index is 656. The van der Waals surface area contributed by atoms with Gasteiger partial charge in [-0.15, -0.1) is 0 Å². The maximum Gasteiger partial charge on any atom is 0.243 e. The monoisotopic (exact) mass is 366 g/mol. The van der Waals surface area contributed by atoms with Gasteiger partial charge in [0.05, 0.1) is 10.8 Å². The fourth-order valence-electron chi connectivity index (χ4n) is 3.13. The van der Waals surface area contributed by atoms with Gasteiger partial charge in [-0.25, -0.2) is 8.42 Å². The van der Waals surface area contributed by atoms with Crippen LogP contribution in [0.3, 0.4) is 0 Å². The molecule has 0 saturated carbocycles. The number of amides is 1. The van der Waals surface area contributed by atoms with Crippen molar-refractivity contribution < 1.29 is 13.2 Å². The van der Waals surface area contributed by atoms with E-state index in [-0.39, 0.29) is 18.4 Å². The number of hydrogen-bond acceptors (Lipinski definition) is 3. The molecule has 1 aromatic carbocycles. The molecule has 1 unspecified atom stereocenters. The van der Waals surface area contributed by atoms with E-state index in [9.17, 15) is 13.2 Å². The van der Waals surface area contributed by atoms with Crippen LogP contribution in [0.4, 0.5) is 0 Å². The smallest absolute Gasteiger partial charge is 0.243 e. The lowest BCUT2D eigenvalue weighted by molar-refractivity contribution is -0.126. The van der Waals surface area contributed by atoms with Gasteiger partial charge in [-0.05, 0) is 49.8 Å². The van der Waals surface area contributed by atoms with E-state index in [1.54, 1.807) is 12.1 Å². The van der Waals surface area contributed by atoms with Crippen LogP contribution in [0, 0.1) is 5.92 Å². The first-order chi connectivity index (χ1) is 12.0. The third-order valence-electron chi connectivity index (χ3n) is 4.68. The molecule has 1 saturated heterocycles. The molecular weight excluding hydrogens is 336 g/mol. The zero-order chi connectivity index (χ0) is 18.3. The molecular formula is C19H30N2O3S. The Morgan fingerprint density at radius 2 is 1.92 bits per heavy atom. The van der Waals surface area contributed by atoms with Crippen LogP contribution < -0.4 is 5.32 Å². The number of benzene rings is 1. The van der Waals surface area contributed by atoms with E-state index in [0.717, 1.165) is 44.1 Å². The Balaban J connectivity index is 2.06. The summed E-state index contributed by atoms with van der Waals surface area (Å²) in [6, 6.07) is 7.19. The van der Waals surface area contributed by atoms with Crippen molar-refractivity contribution in [3.05, 3.63) is 29.8 Å². The summed E-state index contributed by atoms with van der Waals surface area (Å²) < 4.78 is 27.2. The van der Waals surface area contributed by atoms with Crippen LogP contribution in [0.1, 0.15) is 51.5 Å². The molecule has 1 atom stereocenters. The molecule has 1 aliphatic heterocycles. The molecule has 0 radical (unpaired) electrons. The molecule has 6 heteroatoms. The van der Waals surface area contributed by atoms with Gasteiger partial charge in [-0.2, -0.15) is 4.31 Å². The molecule has 1 aromatic rings. The van der Waals surface area contributed by atoms with E-state index < -0.39 is 10.0 Å². The lowest BCUT2D eigenvalue weighted by Gasteiger charge is -2.31. The van der Waals surface area contributed by atoms with E-state index >= 15 is 0 Å². The molecule has 5 nitrogen and oxygen atoms in total. The number of piperidine rings is 1. The number of nitrogens with one attached hydrogen (secondary N) is 1. The van der Waals surface area contributed by atoms with E-state index in [1.165, 1.54) is 4.31 Å². The molecule has 1 heterocycles. The molecule has 0 spiro atoms. The van der Waals surface area contributed by atoms with Crippen LogP contribution in [-0.2, 0) is 21.2 Å². The number of unbranched alkanes of at least 4 members (excludes halogenated alkanes) is 1. The lowest BCUT2D eigenvalue weighted by Crippen LogP contribution is -2.45. The minimum absolute atomic E-state index is 0.0309. The fourth-order valence-corrected chi connectivity index (χ4v) is 4.65. The normalized spacial score (nSPS) is 18.9. The maximum atomic E-state index is 12.9. The summed E-state index contributed by atoms with van der Waals surface area (Å²) in [5.74, 6) is -0.282. The lowest BCUT2D eigenvalue weighted by atomic mass is 9.99. The topological polar surface area (TPSA) is 66.5 Å². The van der Waals surface area contributed by atoms with Gasteiger partial charge in [0.15, 0.2) is 0 Å². The average Bonchev–Trinajstić information content (AvgIpc) is 2.64. The second-order valence-corrected chi connectivity index (χ2v) is 8.68. The molecule has 0 aromatic heterocycles. The summed E-state index contributed by atoms with van der Waals surface area (Å²) in [6.07, 6.45) is 5.54. The summed E-state index contributed by atoms with van der Waals surface area (Å²) >= 11 is 0. The Morgan fingerprint density at radius 1 is 1.20 bits per heavy atom. The number of sulfonamides is 1. The first-order valence-electron chi connectivity index (χ1n) is 9.35. The molecule has 25 heavy (non-hydrogen) atoms. The van der Waals surface area contributed by atoms with E-state index in [4.69, 9.17) is 0 Å². The largest absolute Gasteiger partial charge is 0.356 e. The molecule has 1 N–H and O–H groups in total. The minimum atomic E-state index is -3.53. The molecule has 1 amide bonds. The summed E-state index contributed by atoms with van der Waals surface area (Å²) in [4.78, 5) is 12.5. The van der Waals surface area contributed by atoms with Crippen molar-refractivity contribution in [1.82, 2.24) is 9.62 Å². The molecule has 140 valence electrons. The maximum absolute atomic E-state index is 12.9. The Kier molecular flexibility index (Phi) is 7.44. The Hall–Kier alpha value is -1.40. The van der Waals surface area contributed by atoms with Crippen molar-refractivity contribution in [3.8, 4) is 0 Å². The van der Waals surface area contributed by atoms with E-state index in [1.807, 2.05) is 19.1 Å².